The molecule has 1 aromatic carbocycles. The van der Waals surface area contributed by atoms with Crippen molar-refractivity contribution in [2.45, 2.75) is 19.1 Å². The van der Waals surface area contributed by atoms with Gasteiger partial charge in [-0.05, 0) is 31.0 Å². The summed E-state index contributed by atoms with van der Waals surface area (Å²) >= 11 is 9.12. The number of hydrogen-bond donors (Lipinski definition) is 1. The molecule has 1 aromatic rings. The molecule has 0 aliphatic carbocycles. The molecule has 1 aliphatic rings. The SMILES string of the molecule is CC1(C(=O)O)CCN(S(=O)(=O)Cc2ccc(Cl)cc2Br)C1. The second kappa shape index (κ2) is 5.87. The van der Waals surface area contributed by atoms with Crippen LogP contribution >= 0.6 is 27.5 Å². The minimum absolute atomic E-state index is 0.00980. The van der Waals surface area contributed by atoms with Crippen LogP contribution < -0.4 is 0 Å². The average Bonchev–Trinajstić information content (AvgIpc) is 2.78. The molecule has 0 aromatic heterocycles. The zero-order valence-electron chi connectivity index (χ0n) is 11.3. The van der Waals surface area contributed by atoms with E-state index in [9.17, 15) is 18.3 Å². The van der Waals surface area contributed by atoms with E-state index in [1.165, 1.54) is 4.31 Å². The first-order valence-corrected chi connectivity index (χ1v) is 9.07. The smallest absolute Gasteiger partial charge is 0.310 e. The van der Waals surface area contributed by atoms with Gasteiger partial charge < -0.3 is 5.11 Å². The highest BCUT2D eigenvalue weighted by atomic mass is 79.9. The highest BCUT2D eigenvalue weighted by molar-refractivity contribution is 9.10. The summed E-state index contributed by atoms with van der Waals surface area (Å²) < 4.78 is 26.7. The third-order valence-electron chi connectivity index (χ3n) is 3.70. The van der Waals surface area contributed by atoms with E-state index in [1.54, 1.807) is 25.1 Å². The van der Waals surface area contributed by atoms with Crippen molar-refractivity contribution in [3.05, 3.63) is 33.3 Å². The molecule has 1 fully saturated rings. The average molecular weight is 397 g/mol. The van der Waals surface area contributed by atoms with Gasteiger partial charge in [0.15, 0.2) is 0 Å². The van der Waals surface area contributed by atoms with Gasteiger partial charge >= 0.3 is 5.97 Å². The Morgan fingerprint density at radius 2 is 2.19 bits per heavy atom. The molecule has 1 aliphatic heterocycles. The molecule has 1 heterocycles. The normalized spacial score (nSPS) is 23.4. The molecule has 5 nitrogen and oxygen atoms in total. The molecule has 1 unspecified atom stereocenters. The maximum absolute atomic E-state index is 12.4. The van der Waals surface area contributed by atoms with Crippen molar-refractivity contribution < 1.29 is 18.3 Å². The topological polar surface area (TPSA) is 74.7 Å². The van der Waals surface area contributed by atoms with Crippen molar-refractivity contribution in [1.29, 1.82) is 0 Å². The zero-order valence-corrected chi connectivity index (χ0v) is 14.5. The van der Waals surface area contributed by atoms with Crippen LogP contribution in [0.15, 0.2) is 22.7 Å². The van der Waals surface area contributed by atoms with Crippen molar-refractivity contribution in [3.8, 4) is 0 Å². The molecule has 0 spiro atoms. The van der Waals surface area contributed by atoms with E-state index in [1.807, 2.05) is 0 Å². The van der Waals surface area contributed by atoms with Crippen LogP contribution in [-0.4, -0.2) is 36.9 Å². The second-order valence-corrected chi connectivity index (χ2v) is 8.70. The number of sulfonamides is 1. The van der Waals surface area contributed by atoms with Gasteiger partial charge in [0, 0.05) is 22.6 Å². The van der Waals surface area contributed by atoms with Crippen LogP contribution in [0.2, 0.25) is 5.02 Å². The van der Waals surface area contributed by atoms with Crippen molar-refractivity contribution in [1.82, 2.24) is 4.31 Å². The minimum Gasteiger partial charge on any atom is -0.481 e. The van der Waals surface area contributed by atoms with E-state index in [0.29, 0.717) is 21.5 Å². The lowest BCUT2D eigenvalue weighted by Crippen LogP contribution is -2.35. The van der Waals surface area contributed by atoms with Gasteiger partial charge in [0.05, 0.1) is 11.2 Å². The molecule has 1 atom stereocenters. The number of rotatable bonds is 4. The first kappa shape index (κ1) is 16.7. The third kappa shape index (κ3) is 3.59. The Hall–Kier alpha value is -0.630. The summed E-state index contributed by atoms with van der Waals surface area (Å²) in [6.45, 7) is 1.81. The van der Waals surface area contributed by atoms with Crippen molar-refractivity contribution >= 4 is 43.5 Å². The van der Waals surface area contributed by atoms with Crippen LogP contribution in [0.5, 0.6) is 0 Å². The van der Waals surface area contributed by atoms with E-state index in [0.717, 1.165) is 0 Å². The Bertz CT molecular complexity index is 679. The fraction of sp³-hybridized carbons (Fsp3) is 0.462. The van der Waals surface area contributed by atoms with Gasteiger partial charge in [-0.2, -0.15) is 0 Å². The largest absolute Gasteiger partial charge is 0.481 e. The molecular weight excluding hydrogens is 382 g/mol. The van der Waals surface area contributed by atoms with E-state index >= 15 is 0 Å². The Labute approximate surface area is 137 Å². The number of halogens is 2. The summed E-state index contributed by atoms with van der Waals surface area (Å²) in [4.78, 5) is 11.2. The predicted molar refractivity (Wildman–Crippen MR) is 83.7 cm³/mol. The predicted octanol–water partition coefficient (Wildman–Crippen LogP) is 2.73. The van der Waals surface area contributed by atoms with E-state index < -0.39 is 21.4 Å². The summed E-state index contributed by atoms with van der Waals surface area (Å²) in [6, 6.07) is 4.91. The lowest BCUT2D eigenvalue weighted by molar-refractivity contribution is -0.146. The molecule has 1 saturated heterocycles. The molecule has 116 valence electrons. The standard InChI is InChI=1S/C13H15BrClNO4S/c1-13(12(17)18)4-5-16(8-13)21(19,20)7-9-2-3-10(15)6-11(9)14/h2-3,6H,4-5,7-8H2,1H3,(H,17,18). The summed E-state index contributed by atoms with van der Waals surface area (Å²) in [5.74, 6) is -1.15. The first-order valence-electron chi connectivity index (χ1n) is 6.29. The van der Waals surface area contributed by atoms with Crippen molar-refractivity contribution in [3.63, 3.8) is 0 Å². The third-order valence-corrected chi connectivity index (χ3v) is 6.45. The monoisotopic (exact) mass is 395 g/mol. The molecular formula is C13H15BrClNO4S. The molecule has 0 radical (unpaired) electrons. The van der Waals surface area contributed by atoms with Crippen molar-refractivity contribution in [2.75, 3.05) is 13.1 Å². The molecule has 0 bridgehead atoms. The molecule has 2 rings (SSSR count). The summed E-state index contributed by atoms with van der Waals surface area (Å²) in [7, 11) is -3.56. The molecule has 21 heavy (non-hydrogen) atoms. The molecule has 0 amide bonds. The van der Waals surface area contributed by atoms with Gasteiger partial charge in [-0.25, -0.2) is 12.7 Å². The zero-order chi connectivity index (χ0) is 15.8. The van der Waals surface area contributed by atoms with Crippen LogP contribution in [0.25, 0.3) is 0 Å². The summed E-state index contributed by atoms with van der Waals surface area (Å²) in [6.07, 6.45) is 0.323. The number of carboxylic acids is 1. The Kier molecular flexibility index (Phi) is 4.68. The minimum atomic E-state index is -3.56. The number of benzene rings is 1. The lowest BCUT2D eigenvalue weighted by Gasteiger charge is -2.20. The van der Waals surface area contributed by atoms with Crippen LogP contribution in [0.1, 0.15) is 18.9 Å². The van der Waals surface area contributed by atoms with Crippen LogP contribution in [0.3, 0.4) is 0 Å². The Morgan fingerprint density at radius 3 is 2.71 bits per heavy atom. The number of carbonyl (C=O) groups is 1. The van der Waals surface area contributed by atoms with Crippen LogP contribution in [0, 0.1) is 5.41 Å². The number of carboxylic acid groups (broad SMARTS) is 1. The summed E-state index contributed by atoms with van der Waals surface area (Å²) in [5, 5.41) is 9.69. The van der Waals surface area contributed by atoms with Gasteiger partial charge in [0.1, 0.15) is 0 Å². The van der Waals surface area contributed by atoms with E-state index in [-0.39, 0.29) is 18.8 Å². The maximum atomic E-state index is 12.4. The molecule has 8 heteroatoms. The van der Waals surface area contributed by atoms with E-state index in [4.69, 9.17) is 11.6 Å². The summed E-state index contributed by atoms with van der Waals surface area (Å²) in [5.41, 5.74) is -0.409. The fourth-order valence-corrected chi connectivity index (χ4v) is 4.94. The van der Waals surface area contributed by atoms with Crippen LogP contribution in [0.4, 0.5) is 0 Å². The van der Waals surface area contributed by atoms with Crippen molar-refractivity contribution in [2.24, 2.45) is 5.41 Å². The van der Waals surface area contributed by atoms with Gasteiger partial charge in [-0.15, -0.1) is 0 Å². The number of nitrogens with zero attached hydrogens (tertiary/aromatic N) is 1. The number of aliphatic carboxylic acids is 1. The lowest BCUT2D eigenvalue weighted by atomic mass is 9.90. The van der Waals surface area contributed by atoms with Gasteiger partial charge in [-0.3, -0.25) is 4.79 Å². The maximum Gasteiger partial charge on any atom is 0.310 e. The van der Waals surface area contributed by atoms with Crippen LogP contribution in [-0.2, 0) is 20.6 Å². The molecule has 1 N–H and O–H groups in total. The quantitative estimate of drug-likeness (QED) is 0.849. The van der Waals surface area contributed by atoms with Gasteiger partial charge in [0.25, 0.3) is 0 Å². The van der Waals surface area contributed by atoms with E-state index in [2.05, 4.69) is 15.9 Å². The molecule has 0 saturated carbocycles. The second-order valence-electron chi connectivity index (χ2n) is 5.44. The highest BCUT2D eigenvalue weighted by Gasteiger charge is 2.44. The first-order chi connectivity index (χ1) is 9.64. The number of hydrogen-bond acceptors (Lipinski definition) is 3. The fourth-order valence-electron chi connectivity index (χ4n) is 2.26. The van der Waals surface area contributed by atoms with Gasteiger partial charge in [0.2, 0.25) is 10.0 Å². The van der Waals surface area contributed by atoms with Gasteiger partial charge in [-0.1, -0.05) is 33.6 Å². The Balaban J connectivity index is 2.18. The Morgan fingerprint density at radius 1 is 1.52 bits per heavy atom. The highest BCUT2D eigenvalue weighted by Crippen LogP contribution is 2.33.